The molecule has 0 saturated carbocycles. The molecule has 0 atom stereocenters. The number of furan rings is 1. The number of hydrazone groups is 1. The van der Waals surface area contributed by atoms with Crippen molar-refractivity contribution in [3.8, 4) is 22.3 Å². The Morgan fingerprint density at radius 2 is 1.33 bits per heavy atom. The maximum atomic E-state index is 6.23. The summed E-state index contributed by atoms with van der Waals surface area (Å²) in [5.41, 5.74) is 13.0. The fourth-order valence-corrected chi connectivity index (χ4v) is 4.66. The third-order valence-corrected chi connectivity index (χ3v) is 6.23. The molecule has 4 nitrogen and oxygen atoms in total. The third kappa shape index (κ3) is 3.04. The molecule has 4 heteroatoms. The van der Waals surface area contributed by atoms with Crippen LogP contribution < -0.4 is 11.6 Å². The Hall–Kier alpha value is -4.57. The van der Waals surface area contributed by atoms with E-state index in [1.165, 1.54) is 0 Å². The lowest BCUT2D eigenvalue weighted by atomic mass is 9.91. The van der Waals surface area contributed by atoms with Gasteiger partial charge in [0.15, 0.2) is 5.84 Å². The number of nitrogens with two attached hydrogens (primary N) is 2. The molecule has 6 aromatic rings. The van der Waals surface area contributed by atoms with E-state index in [1.54, 1.807) is 0 Å². The van der Waals surface area contributed by atoms with Crippen molar-refractivity contribution in [2.75, 3.05) is 0 Å². The molecule has 0 aliphatic carbocycles. The van der Waals surface area contributed by atoms with Gasteiger partial charge in [-0.15, -0.1) is 0 Å². The van der Waals surface area contributed by atoms with Crippen LogP contribution in [0.1, 0.15) is 5.56 Å². The van der Waals surface area contributed by atoms with E-state index in [9.17, 15) is 0 Å². The zero-order chi connectivity index (χ0) is 22.4. The Morgan fingerprint density at radius 3 is 2.15 bits per heavy atom. The lowest BCUT2D eigenvalue weighted by Gasteiger charge is -2.14. The highest BCUT2D eigenvalue weighted by molar-refractivity contribution is 6.12. The number of hydrogen-bond donors (Lipinski definition) is 2. The fourth-order valence-electron chi connectivity index (χ4n) is 4.66. The Bertz CT molecular complexity index is 1680. The van der Waals surface area contributed by atoms with Crippen molar-refractivity contribution in [3.05, 3.63) is 109 Å². The molecule has 158 valence electrons. The van der Waals surface area contributed by atoms with Gasteiger partial charge in [-0.05, 0) is 34.0 Å². The van der Waals surface area contributed by atoms with Crippen LogP contribution in [0.3, 0.4) is 0 Å². The zero-order valence-electron chi connectivity index (χ0n) is 17.8. The number of para-hydroxylation sites is 2. The van der Waals surface area contributed by atoms with Crippen LogP contribution >= 0.6 is 0 Å². The minimum atomic E-state index is 0.312. The van der Waals surface area contributed by atoms with Crippen LogP contribution in [-0.4, -0.2) is 5.84 Å². The highest BCUT2D eigenvalue weighted by Gasteiger charge is 2.15. The van der Waals surface area contributed by atoms with E-state index in [4.69, 9.17) is 16.0 Å². The van der Waals surface area contributed by atoms with Gasteiger partial charge in [0.1, 0.15) is 11.2 Å². The number of benzene rings is 5. The average Bonchev–Trinajstić information content (AvgIpc) is 3.26. The van der Waals surface area contributed by atoms with E-state index >= 15 is 0 Å². The van der Waals surface area contributed by atoms with E-state index in [1.807, 2.05) is 42.5 Å². The molecule has 33 heavy (non-hydrogen) atoms. The van der Waals surface area contributed by atoms with Gasteiger partial charge in [-0.25, -0.2) is 0 Å². The van der Waals surface area contributed by atoms with E-state index in [0.717, 1.165) is 60.5 Å². The van der Waals surface area contributed by atoms with Gasteiger partial charge in [-0.1, -0.05) is 91.0 Å². The van der Waals surface area contributed by atoms with Crippen molar-refractivity contribution in [2.45, 2.75) is 0 Å². The summed E-state index contributed by atoms with van der Waals surface area (Å²) in [6.07, 6.45) is 0. The molecule has 4 N–H and O–H groups in total. The van der Waals surface area contributed by atoms with Crippen LogP contribution in [0, 0.1) is 0 Å². The van der Waals surface area contributed by atoms with Crippen LogP contribution in [0.4, 0.5) is 0 Å². The largest absolute Gasteiger partial charge is 0.455 e. The van der Waals surface area contributed by atoms with Gasteiger partial charge in [0.05, 0.1) is 0 Å². The summed E-state index contributed by atoms with van der Waals surface area (Å²) in [7, 11) is 0. The molecule has 0 spiro atoms. The van der Waals surface area contributed by atoms with Gasteiger partial charge < -0.3 is 16.0 Å². The first-order valence-corrected chi connectivity index (χ1v) is 10.8. The van der Waals surface area contributed by atoms with Gasteiger partial charge in [0.25, 0.3) is 0 Å². The first-order valence-electron chi connectivity index (χ1n) is 10.8. The fraction of sp³-hybridized carbons (Fsp3) is 0. The minimum Gasteiger partial charge on any atom is -0.455 e. The summed E-state index contributed by atoms with van der Waals surface area (Å²) in [4.78, 5) is 0. The predicted octanol–water partition coefficient (Wildman–Crippen LogP) is 6.65. The number of hydrogen-bond acceptors (Lipinski definition) is 3. The summed E-state index contributed by atoms with van der Waals surface area (Å²) >= 11 is 0. The van der Waals surface area contributed by atoms with Crippen molar-refractivity contribution in [3.63, 3.8) is 0 Å². The van der Waals surface area contributed by atoms with Gasteiger partial charge in [0, 0.05) is 27.5 Å². The van der Waals surface area contributed by atoms with Crippen LogP contribution in [0.25, 0.3) is 55.0 Å². The summed E-state index contributed by atoms with van der Waals surface area (Å²) in [6.45, 7) is 0. The normalized spacial score (nSPS) is 12.1. The second-order valence-corrected chi connectivity index (χ2v) is 8.08. The van der Waals surface area contributed by atoms with Gasteiger partial charge in [0.2, 0.25) is 0 Å². The van der Waals surface area contributed by atoms with Crippen molar-refractivity contribution in [1.82, 2.24) is 0 Å². The third-order valence-electron chi connectivity index (χ3n) is 6.23. The Kier molecular flexibility index (Phi) is 4.37. The monoisotopic (exact) mass is 427 g/mol. The lowest BCUT2D eigenvalue weighted by Crippen LogP contribution is -2.16. The molecule has 0 fully saturated rings. The molecule has 0 saturated heterocycles. The van der Waals surface area contributed by atoms with E-state index in [0.29, 0.717) is 5.84 Å². The summed E-state index contributed by atoms with van der Waals surface area (Å²) < 4.78 is 6.23. The summed E-state index contributed by atoms with van der Waals surface area (Å²) in [6, 6.07) is 35.2. The average molecular weight is 428 g/mol. The number of amidine groups is 1. The maximum absolute atomic E-state index is 6.23. The molecule has 1 heterocycles. The lowest BCUT2D eigenvalue weighted by molar-refractivity contribution is 0.670. The molecule has 0 radical (unpaired) electrons. The van der Waals surface area contributed by atoms with E-state index in [-0.39, 0.29) is 0 Å². The topological polar surface area (TPSA) is 77.5 Å². The Morgan fingerprint density at radius 1 is 0.636 bits per heavy atom. The molecule has 6 rings (SSSR count). The van der Waals surface area contributed by atoms with Crippen molar-refractivity contribution < 1.29 is 4.42 Å². The minimum absolute atomic E-state index is 0.312. The number of rotatable bonds is 3. The molecule has 0 aliphatic rings. The molecule has 0 aliphatic heterocycles. The molecular formula is C29H21N3O. The second kappa shape index (κ2) is 7.53. The smallest absolute Gasteiger partial charge is 0.150 e. The van der Waals surface area contributed by atoms with Crippen LogP contribution in [0.2, 0.25) is 0 Å². The second-order valence-electron chi connectivity index (χ2n) is 8.08. The molecular weight excluding hydrogens is 406 g/mol. The summed E-state index contributed by atoms with van der Waals surface area (Å²) in [5, 5.41) is 8.24. The first kappa shape index (κ1) is 19.1. The number of nitrogens with zero attached hydrogens (tertiary/aromatic N) is 1. The summed E-state index contributed by atoms with van der Waals surface area (Å²) in [5.74, 6) is 5.84. The van der Waals surface area contributed by atoms with Gasteiger partial charge in [-0.3, -0.25) is 0 Å². The van der Waals surface area contributed by atoms with Crippen molar-refractivity contribution in [2.24, 2.45) is 16.7 Å². The molecule has 1 aromatic heterocycles. The highest BCUT2D eigenvalue weighted by atomic mass is 16.3. The van der Waals surface area contributed by atoms with Gasteiger partial charge in [-0.2, -0.15) is 5.10 Å². The predicted molar refractivity (Wildman–Crippen MR) is 137 cm³/mol. The van der Waals surface area contributed by atoms with Gasteiger partial charge >= 0.3 is 0 Å². The maximum Gasteiger partial charge on any atom is 0.150 e. The zero-order valence-corrected chi connectivity index (χ0v) is 17.8. The molecule has 0 amide bonds. The van der Waals surface area contributed by atoms with Crippen LogP contribution in [-0.2, 0) is 0 Å². The van der Waals surface area contributed by atoms with E-state index in [2.05, 4.69) is 65.8 Å². The van der Waals surface area contributed by atoms with Crippen LogP contribution in [0.5, 0.6) is 0 Å². The molecule has 5 aromatic carbocycles. The van der Waals surface area contributed by atoms with Crippen molar-refractivity contribution in [1.29, 1.82) is 0 Å². The molecule has 0 bridgehead atoms. The van der Waals surface area contributed by atoms with E-state index < -0.39 is 0 Å². The Balaban J connectivity index is 1.53. The van der Waals surface area contributed by atoms with Crippen LogP contribution in [0.15, 0.2) is 113 Å². The SMILES string of the molecule is N/N=C(\N)c1ccc2ccccc2c1-c1ccc(-c2cccc3c2oc2ccccc23)cc1. The quantitative estimate of drug-likeness (QED) is 0.144. The molecule has 0 unspecified atom stereocenters. The number of fused-ring (bicyclic) bond motifs is 4. The van der Waals surface area contributed by atoms with Crippen molar-refractivity contribution >= 4 is 38.5 Å². The highest BCUT2D eigenvalue weighted by Crippen LogP contribution is 2.37. The first-order chi connectivity index (χ1) is 16.2. The Labute approximate surface area is 190 Å². The standard InChI is InChI=1S/C29H21N3O/c30-29(32-31)25-17-16-18-6-1-2-7-21(18)27(25)20-14-12-19(13-15-20)22-9-5-10-24-23-8-3-4-11-26(23)33-28(22)24/h1-17H,31H2,(H2,30,32).